The lowest BCUT2D eigenvalue weighted by molar-refractivity contribution is 1.23. The van der Waals surface area contributed by atoms with Crippen LogP contribution in [0.4, 0.5) is 5.69 Å². The summed E-state index contributed by atoms with van der Waals surface area (Å²) in [5.41, 5.74) is 3.41. The molecule has 1 aromatic heterocycles. The maximum atomic E-state index is 4.45. The van der Waals surface area contributed by atoms with Crippen LogP contribution in [0.25, 0.3) is 0 Å². The minimum absolute atomic E-state index is 0.822. The molecule has 0 fully saturated rings. The van der Waals surface area contributed by atoms with E-state index in [9.17, 15) is 0 Å². The van der Waals surface area contributed by atoms with E-state index >= 15 is 0 Å². The zero-order valence-electron chi connectivity index (χ0n) is 9.30. The lowest BCUT2D eigenvalue weighted by Gasteiger charge is -1.98. The number of aryl methyl sites for hydroxylation is 1. The summed E-state index contributed by atoms with van der Waals surface area (Å²) in [4.78, 5) is 8.51. The molecule has 2 rings (SSSR count). The van der Waals surface area contributed by atoms with Crippen molar-refractivity contribution < 1.29 is 0 Å². The van der Waals surface area contributed by atoms with Gasteiger partial charge in [-0.15, -0.1) is 0 Å². The van der Waals surface area contributed by atoms with Crippen LogP contribution in [0.3, 0.4) is 0 Å². The van der Waals surface area contributed by atoms with Crippen molar-refractivity contribution in [2.24, 2.45) is 4.99 Å². The van der Waals surface area contributed by atoms with E-state index in [1.807, 2.05) is 36.7 Å². The highest BCUT2D eigenvalue weighted by atomic mass is 14.7. The Bertz CT molecular complexity index is 475. The number of para-hydroxylation sites is 1. The molecule has 0 amide bonds. The number of aromatic nitrogens is 1. The van der Waals surface area contributed by atoms with Crippen molar-refractivity contribution in [3.05, 3.63) is 59.9 Å². The molecule has 0 bridgehead atoms. The van der Waals surface area contributed by atoms with Gasteiger partial charge in [-0.25, -0.2) is 0 Å². The van der Waals surface area contributed by atoms with Gasteiger partial charge in [0.25, 0.3) is 0 Å². The molecule has 0 saturated heterocycles. The fraction of sp³-hybridized carbons (Fsp3) is 0.143. The van der Waals surface area contributed by atoms with Gasteiger partial charge in [0.15, 0.2) is 0 Å². The molecule has 2 heteroatoms. The highest BCUT2D eigenvalue weighted by Gasteiger charge is 1.92. The Hall–Kier alpha value is -1.96. The molecule has 80 valence electrons. The molecule has 1 aromatic carbocycles. The van der Waals surface area contributed by atoms with Gasteiger partial charge in [0.05, 0.1) is 5.69 Å². The Morgan fingerprint density at radius 2 is 2.06 bits per heavy atom. The van der Waals surface area contributed by atoms with Gasteiger partial charge in [-0.05, 0) is 30.2 Å². The largest absolute Gasteiger partial charge is 0.264 e. The molecule has 0 radical (unpaired) electrons. The van der Waals surface area contributed by atoms with Crippen LogP contribution < -0.4 is 0 Å². The Morgan fingerprint density at radius 3 is 2.81 bits per heavy atom. The number of hydrogen-bond donors (Lipinski definition) is 0. The molecule has 0 spiro atoms. The monoisotopic (exact) mass is 210 g/mol. The van der Waals surface area contributed by atoms with Crippen molar-refractivity contribution in [1.82, 2.24) is 4.98 Å². The molecule has 0 aliphatic carbocycles. The van der Waals surface area contributed by atoms with Crippen molar-refractivity contribution in [2.45, 2.75) is 13.3 Å². The molecule has 0 atom stereocenters. The van der Waals surface area contributed by atoms with Gasteiger partial charge in [-0.3, -0.25) is 9.98 Å². The number of pyridine rings is 1. The third-order valence-corrected chi connectivity index (χ3v) is 2.40. The average molecular weight is 210 g/mol. The predicted octanol–water partition coefficient (Wildman–Crippen LogP) is 3.34. The predicted molar refractivity (Wildman–Crippen MR) is 67.3 cm³/mol. The second-order valence-electron chi connectivity index (χ2n) is 3.66. The molecule has 0 N–H and O–H groups in total. The Labute approximate surface area is 95.7 Å². The first-order valence-corrected chi connectivity index (χ1v) is 5.33. The minimum Gasteiger partial charge on any atom is -0.264 e. The molecule has 2 aromatic rings. The highest BCUT2D eigenvalue weighted by molar-refractivity contribution is 5.67. The molecular formula is C14H14N2. The second-order valence-corrected chi connectivity index (χ2v) is 3.66. The Kier molecular flexibility index (Phi) is 3.44. The van der Waals surface area contributed by atoms with Crippen molar-refractivity contribution in [2.75, 3.05) is 0 Å². The van der Waals surface area contributed by atoms with Crippen molar-refractivity contribution >= 4 is 11.9 Å². The van der Waals surface area contributed by atoms with Gasteiger partial charge < -0.3 is 0 Å². The summed E-state index contributed by atoms with van der Waals surface area (Å²) < 4.78 is 0. The van der Waals surface area contributed by atoms with Crippen LogP contribution in [0.5, 0.6) is 0 Å². The normalized spacial score (nSPS) is 10.8. The number of rotatable bonds is 3. The van der Waals surface area contributed by atoms with Gasteiger partial charge >= 0.3 is 0 Å². The highest BCUT2D eigenvalue weighted by Crippen LogP contribution is 2.16. The second kappa shape index (κ2) is 5.21. The van der Waals surface area contributed by atoms with E-state index in [1.165, 1.54) is 11.1 Å². The van der Waals surface area contributed by atoms with Gasteiger partial charge in [0.1, 0.15) is 0 Å². The molecule has 2 nitrogen and oxygen atoms in total. The lowest BCUT2D eigenvalue weighted by Crippen LogP contribution is -1.86. The van der Waals surface area contributed by atoms with Crippen LogP contribution in [-0.2, 0) is 6.42 Å². The van der Waals surface area contributed by atoms with Gasteiger partial charge in [-0.1, -0.05) is 24.3 Å². The van der Waals surface area contributed by atoms with E-state index in [4.69, 9.17) is 0 Å². The summed E-state index contributed by atoms with van der Waals surface area (Å²) in [5, 5.41) is 0. The number of nitrogens with zero attached hydrogens (tertiary/aromatic N) is 2. The number of hydrogen-bond acceptors (Lipinski definition) is 2. The fourth-order valence-electron chi connectivity index (χ4n) is 1.48. The molecule has 0 unspecified atom stereocenters. The summed E-state index contributed by atoms with van der Waals surface area (Å²) in [6.45, 7) is 2.07. The number of benzene rings is 1. The lowest BCUT2D eigenvalue weighted by atomic mass is 10.2. The van der Waals surface area contributed by atoms with E-state index in [0.29, 0.717) is 0 Å². The van der Waals surface area contributed by atoms with Gasteiger partial charge in [-0.2, -0.15) is 0 Å². The average Bonchev–Trinajstić information content (AvgIpc) is 2.33. The van der Waals surface area contributed by atoms with Crippen molar-refractivity contribution in [3.63, 3.8) is 0 Å². The quantitative estimate of drug-likeness (QED) is 0.713. The summed E-state index contributed by atoms with van der Waals surface area (Å²) in [5.74, 6) is 0. The van der Waals surface area contributed by atoms with Crippen molar-refractivity contribution in [1.29, 1.82) is 0 Å². The first-order chi connectivity index (χ1) is 7.86. The van der Waals surface area contributed by atoms with E-state index in [0.717, 1.165) is 12.1 Å². The first-order valence-electron chi connectivity index (χ1n) is 5.33. The Morgan fingerprint density at radius 1 is 1.19 bits per heavy atom. The summed E-state index contributed by atoms with van der Waals surface area (Å²) in [7, 11) is 0. The van der Waals surface area contributed by atoms with Crippen LogP contribution in [-0.4, -0.2) is 11.2 Å². The maximum Gasteiger partial charge on any atom is 0.0654 e. The molecular weight excluding hydrogens is 196 g/mol. The molecule has 1 heterocycles. The zero-order valence-corrected chi connectivity index (χ0v) is 9.30. The maximum absolute atomic E-state index is 4.45. The number of aliphatic imine (C=N–C) groups is 1. The molecule has 0 saturated carbocycles. The van der Waals surface area contributed by atoms with E-state index in [-0.39, 0.29) is 0 Å². The first kappa shape index (κ1) is 10.6. The van der Waals surface area contributed by atoms with Crippen LogP contribution in [0, 0.1) is 6.92 Å². The van der Waals surface area contributed by atoms with Crippen LogP contribution >= 0.6 is 0 Å². The van der Waals surface area contributed by atoms with E-state index in [2.05, 4.69) is 29.0 Å². The Balaban J connectivity index is 2.03. The fourth-order valence-corrected chi connectivity index (χ4v) is 1.48. The minimum atomic E-state index is 0.822. The van der Waals surface area contributed by atoms with E-state index < -0.39 is 0 Å². The smallest absolute Gasteiger partial charge is 0.0654 e. The SMILES string of the molecule is Cc1ccccc1N=CCc1cccnc1. The molecule has 16 heavy (non-hydrogen) atoms. The van der Waals surface area contributed by atoms with Gasteiger partial charge in [0, 0.05) is 25.0 Å². The van der Waals surface area contributed by atoms with Crippen molar-refractivity contribution in [3.8, 4) is 0 Å². The van der Waals surface area contributed by atoms with E-state index in [1.54, 1.807) is 6.20 Å². The standard InChI is InChI=1S/C14H14N2/c1-12-5-2-3-7-14(12)16-10-8-13-6-4-9-15-11-13/h2-7,9-11H,8H2,1H3. The third-order valence-electron chi connectivity index (χ3n) is 2.40. The van der Waals surface area contributed by atoms with Crippen LogP contribution in [0.15, 0.2) is 53.8 Å². The van der Waals surface area contributed by atoms with Crippen LogP contribution in [0.1, 0.15) is 11.1 Å². The zero-order chi connectivity index (χ0) is 11.2. The summed E-state index contributed by atoms with van der Waals surface area (Å²) >= 11 is 0. The molecule has 0 aliphatic rings. The van der Waals surface area contributed by atoms with Gasteiger partial charge in [0.2, 0.25) is 0 Å². The summed E-state index contributed by atoms with van der Waals surface area (Å²) in [6, 6.07) is 12.1. The topological polar surface area (TPSA) is 25.2 Å². The third kappa shape index (κ3) is 2.76. The molecule has 0 aliphatic heterocycles. The van der Waals surface area contributed by atoms with Crippen LogP contribution in [0.2, 0.25) is 0 Å². The summed E-state index contributed by atoms with van der Waals surface area (Å²) in [6.07, 6.45) is 6.40.